The van der Waals surface area contributed by atoms with Crippen LogP contribution >= 0.6 is 23.2 Å². The van der Waals surface area contributed by atoms with Gasteiger partial charge in [0, 0.05) is 12.3 Å². The van der Waals surface area contributed by atoms with E-state index in [4.69, 9.17) is 28.9 Å². The highest BCUT2D eigenvalue weighted by Crippen LogP contribution is 2.16. The van der Waals surface area contributed by atoms with Crippen LogP contribution in [-0.4, -0.2) is 14.9 Å². The molecule has 0 aliphatic heterocycles. The SMILES string of the molecule is Nc1ncc(Cl)cc1F.O=[N+]([O-])c1ncc(Cl)cc1F. The van der Waals surface area contributed by atoms with Gasteiger partial charge in [-0.1, -0.05) is 23.2 Å². The fraction of sp³-hybridized carbons (Fsp3) is 0. The molecule has 0 amide bonds. The number of hydrogen-bond acceptors (Lipinski definition) is 5. The van der Waals surface area contributed by atoms with E-state index in [1.807, 2.05) is 0 Å². The Morgan fingerprint density at radius 2 is 1.60 bits per heavy atom. The van der Waals surface area contributed by atoms with Crippen LogP contribution in [-0.2, 0) is 0 Å². The molecule has 106 valence electrons. The number of nitro groups is 1. The first kappa shape index (κ1) is 16.0. The van der Waals surface area contributed by atoms with Gasteiger partial charge in [-0.15, -0.1) is 0 Å². The van der Waals surface area contributed by atoms with E-state index in [0.717, 1.165) is 18.3 Å². The Morgan fingerprint density at radius 3 is 2.00 bits per heavy atom. The van der Waals surface area contributed by atoms with Crippen molar-refractivity contribution in [1.82, 2.24) is 9.97 Å². The molecule has 0 unspecified atom stereocenters. The molecule has 0 fully saturated rings. The van der Waals surface area contributed by atoms with Crippen LogP contribution in [0.15, 0.2) is 24.5 Å². The third-order valence-corrected chi connectivity index (χ3v) is 2.21. The highest BCUT2D eigenvalue weighted by Gasteiger charge is 2.14. The van der Waals surface area contributed by atoms with Crippen molar-refractivity contribution in [2.75, 3.05) is 5.73 Å². The van der Waals surface area contributed by atoms with E-state index >= 15 is 0 Å². The van der Waals surface area contributed by atoms with Gasteiger partial charge in [0.1, 0.15) is 0 Å². The fourth-order valence-electron chi connectivity index (χ4n) is 0.967. The van der Waals surface area contributed by atoms with E-state index in [2.05, 4.69) is 9.97 Å². The van der Waals surface area contributed by atoms with Crippen molar-refractivity contribution < 1.29 is 13.7 Å². The summed E-state index contributed by atoms with van der Waals surface area (Å²) >= 11 is 10.7. The molecule has 0 aliphatic carbocycles. The minimum absolute atomic E-state index is 0.0353. The number of hydrogen-bond donors (Lipinski definition) is 1. The van der Waals surface area contributed by atoms with Crippen molar-refractivity contribution >= 4 is 34.8 Å². The minimum Gasteiger partial charge on any atom is -0.381 e. The highest BCUT2D eigenvalue weighted by atomic mass is 35.5. The van der Waals surface area contributed by atoms with E-state index in [9.17, 15) is 18.9 Å². The van der Waals surface area contributed by atoms with E-state index in [1.165, 1.54) is 6.20 Å². The summed E-state index contributed by atoms with van der Waals surface area (Å²) in [5.74, 6) is -2.54. The molecule has 20 heavy (non-hydrogen) atoms. The maximum atomic E-state index is 12.5. The Balaban J connectivity index is 0.000000204. The molecule has 2 heterocycles. The van der Waals surface area contributed by atoms with Crippen LogP contribution < -0.4 is 5.73 Å². The minimum atomic E-state index is -1.03. The van der Waals surface area contributed by atoms with Crippen LogP contribution in [0, 0.1) is 21.7 Å². The van der Waals surface area contributed by atoms with Gasteiger partial charge >= 0.3 is 5.82 Å². The van der Waals surface area contributed by atoms with Crippen LogP contribution in [0.3, 0.4) is 0 Å². The predicted molar refractivity (Wildman–Crippen MR) is 69.5 cm³/mol. The zero-order valence-electron chi connectivity index (χ0n) is 9.56. The monoisotopic (exact) mass is 322 g/mol. The largest absolute Gasteiger partial charge is 0.399 e. The van der Waals surface area contributed by atoms with Crippen LogP contribution in [0.25, 0.3) is 0 Å². The van der Waals surface area contributed by atoms with Gasteiger partial charge in [0.05, 0.1) is 10.0 Å². The molecule has 2 rings (SSSR count). The van der Waals surface area contributed by atoms with Crippen molar-refractivity contribution in [1.29, 1.82) is 0 Å². The van der Waals surface area contributed by atoms with Gasteiger partial charge < -0.3 is 15.8 Å². The van der Waals surface area contributed by atoms with Gasteiger partial charge in [0.15, 0.2) is 17.8 Å². The summed E-state index contributed by atoms with van der Waals surface area (Å²) in [4.78, 5) is 15.7. The molecule has 10 heteroatoms. The summed E-state index contributed by atoms with van der Waals surface area (Å²) in [5, 5.41) is 10.3. The van der Waals surface area contributed by atoms with Crippen molar-refractivity contribution in [3.8, 4) is 0 Å². The highest BCUT2D eigenvalue weighted by molar-refractivity contribution is 6.30. The molecule has 2 aromatic rings. The molecular weight excluding hydrogens is 317 g/mol. The van der Waals surface area contributed by atoms with E-state index in [1.54, 1.807) is 0 Å². The van der Waals surface area contributed by atoms with E-state index < -0.39 is 22.4 Å². The van der Waals surface area contributed by atoms with Crippen molar-refractivity contribution in [2.24, 2.45) is 0 Å². The topological polar surface area (TPSA) is 94.9 Å². The number of pyridine rings is 2. The molecule has 2 aromatic heterocycles. The van der Waals surface area contributed by atoms with Crippen molar-refractivity contribution in [2.45, 2.75) is 0 Å². The van der Waals surface area contributed by atoms with Gasteiger partial charge in [0.25, 0.3) is 0 Å². The van der Waals surface area contributed by atoms with Gasteiger partial charge in [-0.2, -0.15) is 4.39 Å². The first-order valence-electron chi connectivity index (χ1n) is 4.83. The second-order valence-electron chi connectivity index (χ2n) is 3.24. The van der Waals surface area contributed by atoms with E-state index in [-0.39, 0.29) is 15.9 Å². The number of anilines is 1. The van der Waals surface area contributed by atoms with E-state index in [0.29, 0.717) is 0 Å². The van der Waals surface area contributed by atoms with Gasteiger partial charge in [-0.3, -0.25) is 0 Å². The molecule has 0 bridgehead atoms. The summed E-state index contributed by atoms with van der Waals surface area (Å²) in [6.07, 6.45) is 2.31. The molecule has 0 saturated carbocycles. The van der Waals surface area contributed by atoms with Crippen LogP contribution in [0.4, 0.5) is 20.4 Å². The maximum absolute atomic E-state index is 12.5. The van der Waals surface area contributed by atoms with Gasteiger partial charge in [-0.25, -0.2) is 9.37 Å². The number of nitrogens with zero attached hydrogens (tertiary/aromatic N) is 3. The first-order valence-corrected chi connectivity index (χ1v) is 5.58. The van der Waals surface area contributed by atoms with Crippen molar-refractivity contribution in [3.05, 3.63) is 56.3 Å². The Kier molecular flexibility index (Phi) is 5.53. The normalized spacial score (nSPS) is 9.60. The summed E-state index contributed by atoms with van der Waals surface area (Å²) in [6, 6.07) is 1.95. The quantitative estimate of drug-likeness (QED) is 0.642. The van der Waals surface area contributed by atoms with Crippen LogP contribution in [0.2, 0.25) is 10.0 Å². The summed E-state index contributed by atoms with van der Waals surface area (Å²) < 4.78 is 24.8. The number of rotatable bonds is 1. The smallest absolute Gasteiger partial charge is 0.381 e. The average Bonchev–Trinajstić information content (AvgIpc) is 2.34. The number of nitrogen functional groups attached to an aromatic ring is 1. The second-order valence-corrected chi connectivity index (χ2v) is 4.11. The number of nitrogens with two attached hydrogens (primary N) is 1. The molecule has 0 atom stereocenters. The number of aromatic nitrogens is 2. The lowest BCUT2D eigenvalue weighted by Gasteiger charge is -1.92. The Bertz CT molecular complexity index is 643. The Hall–Kier alpha value is -2.06. The molecule has 2 N–H and O–H groups in total. The lowest BCUT2D eigenvalue weighted by Crippen LogP contribution is -1.94. The predicted octanol–water partition coefficient (Wildman–Crippen LogP) is 3.24. The lowest BCUT2D eigenvalue weighted by atomic mass is 10.4. The molecular formula is C10H6Cl2F2N4O2. The summed E-state index contributed by atoms with van der Waals surface area (Å²) in [6.45, 7) is 0. The molecule has 6 nitrogen and oxygen atoms in total. The molecule has 0 saturated heterocycles. The van der Waals surface area contributed by atoms with Crippen molar-refractivity contribution in [3.63, 3.8) is 0 Å². The van der Waals surface area contributed by atoms with Gasteiger partial charge in [0.2, 0.25) is 5.82 Å². The first-order chi connectivity index (χ1) is 9.31. The third kappa shape index (κ3) is 4.56. The Labute approximate surface area is 121 Å². The second kappa shape index (κ2) is 6.92. The zero-order chi connectivity index (χ0) is 15.3. The fourth-order valence-corrected chi connectivity index (χ4v) is 1.26. The molecule has 0 aliphatic rings. The summed E-state index contributed by atoms with van der Waals surface area (Å²) in [5.41, 5.74) is 5.04. The zero-order valence-corrected chi connectivity index (χ0v) is 11.1. The number of halogens is 4. The maximum Gasteiger partial charge on any atom is 0.399 e. The molecule has 0 aromatic carbocycles. The Morgan fingerprint density at radius 1 is 1.10 bits per heavy atom. The molecule has 0 spiro atoms. The molecule has 0 radical (unpaired) electrons. The summed E-state index contributed by atoms with van der Waals surface area (Å²) in [7, 11) is 0. The standard InChI is InChI=1S/C5H2ClFN2O2.C5H4ClFN2/c6-3-1-4(7)5(8-2-3)9(10)11;6-3-1-4(7)5(8)9-2-3/h1-2H;1-2H,(H2,8,9). The lowest BCUT2D eigenvalue weighted by molar-refractivity contribution is -0.392. The van der Waals surface area contributed by atoms with Gasteiger partial charge in [-0.05, 0) is 16.0 Å². The van der Waals surface area contributed by atoms with Crippen LogP contribution in [0.1, 0.15) is 0 Å². The average molecular weight is 323 g/mol. The third-order valence-electron chi connectivity index (χ3n) is 1.80. The van der Waals surface area contributed by atoms with Crippen LogP contribution in [0.5, 0.6) is 0 Å².